The predicted molar refractivity (Wildman–Crippen MR) is 72.6 cm³/mol. The molecule has 2 saturated heterocycles. The highest BCUT2D eigenvalue weighted by Gasteiger charge is 2.28. The van der Waals surface area contributed by atoms with Crippen molar-refractivity contribution in [2.75, 3.05) is 31.1 Å². The maximum atomic E-state index is 2.69. The van der Waals surface area contributed by atoms with E-state index in [1.807, 2.05) is 0 Å². The molecule has 2 heterocycles. The van der Waals surface area contributed by atoms with Gasteiger partial charge in [-0.25, -0.2) is 0 Å². The second kappa shape index (κ2) is 4.69. The lowest BCUT2D eigenvalue weighted by Gasteiger charge is -2.45. The van der Waals surface area contributed by atoms with E-state index in [1.54, 1.807) is 0 Å². The van der Waals surface area contributed by atoms with Gasteiger partial charge in [-0.2, -0.15) is 0 Å². The van der Waals surface area contributed by atoms with Gasteiger partial charge in [-0.1, -0.05) is 18.6 Å². The van der Waals surface area contributed by atoms with Crippen LogP contribution in [-0.4, -0.2) is 37.1 Å². The molecule has 0 N–H and O–H groups in total. The highest BCUT2D eigenvalue weighted by atomic mass is 15.3. The molecule has 1 aromatic rings. The van der Waals surface area contributed by atoms with Crippen LogP contribution in [0.2, 0.25) is 0 Å². The highest BCUT2D eigenvalue weighted by Crippen LogP contribution is 2.25. The van der Waals surface area contributed by atoms with Crippen molar-refractivity contribution in [1.82, 2.24) is 4.90 Å². The van der Waals surface area contributed by atoms with Gasteiger partial charge in [-0.3, -0.25) is 4.90 Å². The Hall–Kier alpha value is -1.02. The number of aryl methyl sites for hydroxylation is 1. The van der Waals surface area contributed by atoms with Crippen LogP contribution >= 0.6 is 0 Å². The van der Waals surface area contributed by atoms with Crippen LogP contribution in [0.5, 0.6) is 0 Å². The summed E-state index contributed by atoms with van der Waals surface area (Å²) in [5.74, 6) is 0. The maximum Gasteiger partial charge on any atom is 0.0369 e. The molecule has 1 atom stereocenters. The number of hydrogen-bond acceptors (Lipinski definition) is 2. The summed E-state index contributed by atoms with van der Waals surface area (Å²) >= 11 is 0. The van der Waals surface area contributed by atoms with E-state index in [0.717, 1.165) is 6.04 Å². The van der Waals surface area contributed by atoms with Crippen LogP contribution in [0.3, 0.4) is 0 Å². The summed E-state index contributed by atoms with van der Waals surface area (Å²) < 4.78 is 0. The molecule has 1 unspecified atom stereocenters. The number of rotatable bonds is 1. The van der Waals surface area contributed by atoms with E-state index in [0.29, 0.717) is 0 Å². The number of nitrogens with zero attached hydrogens (tertiary/aromatic N) is 2. The third kappa shape index (κ3) is 2.32. The number of hydrogen-bond donors (Lipinski definition) is 0. The van der Waals surface area contributed by atoms with Crippen molar-refractivity contribution in [1.29, 1.82) is 0 Å². The van der Waals surface area contributed by atoms with Gasteiger partial charge in [0.25, 0.3) is 0 Å². The van der Waals surface area contributed by atoms with Gasteiger partial charge in [0, 0.05) is 31.4 Å². The fraction of sp³-hybridized carbons (Fsp3) is 0.600. The Balaban J connectivity index is 1.73. The molecule has 2 fully saturated rings. The summed E-state index contributed by atoms with van der Waals surface area (Å²) in [5.41, 5.74) is 2.78. The zero-order chi connectivity index (χ0) is 11.7. The van der Waals surface area contributed by atoms with Crippen LogP contribution < -0.4 is 4.90 Å². The first-order chi connectivity index (χ1) is 8.33. The van der Waals surface area contributed by atoms with Crippen molar-refractivity contribution in [2.45, 2.75) is 32.2 Å². The minimum absolute atomic E-state index is 0.804. The lowest BCUT2D eigenvalue weighted by Crippen LogP contribution is -2.54. The van der Waals surface area contributed by atoms with Crippen LogP contribution in [-0.2, 0) is 0 Å². The average molecular weight is 230 g/mol. The second-order valence-electron chi connectivity index (χ2n) is 5.47. The van der Waals surface area contributed by atoms with Crippen molar-refractivity contribution in [2.24, 2.45) is 0 Å². The Labute approximate surface area is 104 Å². The first-order valence-corrected chi connectivity index (χ1v) is 6.88. The lowest BCUT2D eigenvalue weighted by molar-refractivity contribution is 0.133. The quantitative estimate of drug-likeness (QED) is 0.732. The van der Waals surface area contributed by atoms with Crippen LogP contribution in [0.25, 0.3) is 0 Å². The van der Waals surface area contributed by atoms with Crippen molar-refractivity contribution < 1.29 is 0 Å². The molecule has 0 aliphatic carbocycles. The maximum absolute atomic E-state index is 2.69. The molecule has 2 nitrogen and oxygen atoms in total. The van der Waals surface area contributed by atoms with Gasteiger partial charge in [0.15, 0.2) is 0 Å². The van der Waals surface area contributed by atoms with Gasteiger partial charge in [-0.15, -0.1) is 0 Å². The molecule has 0 saturated carbocycles. The van der Waals surface area contributed by atoms with Crippen molar-refractivity contribution >= 4 is 5.69 Å². The summed E-state index contributed by atoms with van der Waals surface area (Å²) in [5, 5.41) is 0. The second-order valence-corrected chi connectivity index (χ2v) is 5.47. The molecule has 0 amide bonds. The largest absolute Gasteiger partial charge is 0.369 e. The molecule has 2 aliphatic rings. The fourth-order valence-electron chi connectivity index (χ4n) is 3.22. The standard InChI is InChI=1S/C15H22N2/c1-13-5-4-7-14(11-13)17-10-9-16-8-3-2-6-15(16)12-17/h4-5,7,11,15H,2-3,6,8-10,12H2,1H3. The highest BCUT2D eigenvalue weighted by molar-refractivity contribution is 5.49. The fourth-order valence-corrected chi connectivity index (χ4v) is 3.22. The Kier molecular flexibility index (Phi) is 3.06. The molecule has 0 aromatic heterocycles. The van der Waals surface area contributed by atoms with E-state index in [9.17, 15) is 0 Å². The molecule has 2 aliphatic heterocycles. The van der Waals surface area contributed by atoms with E-state index in [4.69, 9.17) is 0 Å². The minimum atomic E-state index is 0.804. The lowest BCUT2D eigenvalue weighted by atomic mass is 9.99. The molecular formula is C15H22N2. The van der Waals surface area contributed by atoms with E-state index in [2.05, 4.69) is 41.0 Å². The molecule has 0 spiro atoms. The summed E-state index contributed by atoms with van der Waals surface area (Å²) in [6, 6.07) is 9.74. The van der Waals surface area contributed by atoms with Crippen LogP contribution in [0, 0.1) is 6.92 Å². The SMILES string of the molecule is Cc1cccc(N2CCN3CCCCC3C2)c1. The van der Waals surface area contributed by atoms with Gasteiger partial charge in [-0.05, 0) is 44.0 Å². The van der Waals surface area contributed by atoms with Gasteiger partial charge in [0.2, 0.25) is 0 Å². The minimum Gasteiger partial charge on any atom is -0.369 e. The Bertz CT molecular complexity index is 388. The molecule has 92 valence electrons. The van der Waals surface area contributed by atoms with E-state index in [1.165, 1.54) is 56.7 Å². The number of piperazine rings is 1. The average Bonchev–Trinajstić information content (AvgIpc) is 2.38. The van der Waals surface area contributed by atoms with Gasteiger partial charge < -0.3 is 4.90 Å². The first kappa shape index (κ1) is 11.1. The Morgan fingerprint density at radius 1 is 1.12 bits per heavy atom. The molecule has 17 heavy (non-hydrogen) atoms. The summed E-state index contributed by atoms with van der Waals surface area (Å²) in [4.78, 5) is 5.26. The number of piperidine rings is 1. The topological polar surface area (TPSA) is 6.48 Å². The number of anilines is 1. The Morgan fingerprint density at radius 3 is 2.94 bits per heavy atom. The molecule has 0 bridgehead atoms. The molecule has 0 radical (unpaired) electrons. The summed E-state index contributed by atoms with van der Waals surface area (Å²) in [7, 11) is 0. The molecule has 1 aromatic carbocycles. The first-order valence-electron chi connectivity index (χ1n) is 6.88. The predicted octanol–water partition coefficient (Wildman–Crippen LogP) is 2.67. The zero-order valence-electron chi connectivity index (χ0n) is 10.7. The van der Waals surface area contributed by atoms with Gasteiger partial charge >= 0.3 is 0 Å². The van der Waals surface area contributed by atoms with Crippen molar-refractivity contribution in [3.8, 4) is 0 Å². The number of fused-ring (bicyclic) bond motifs is 1. The monoisotopic (exact) mass is 230 g/mol. The van der Waals surface area contributed by atoms with Crippen molar-refractivity contribution in [3.05, 3.63) is 29.8 Å². The normalized spacial score (nSPS) is 25.7. The molecule has 3 rings (SSSR count). The summed E-state index contributed by atoms with van der Waals surface area (Å²) in [6.07, 6.45) is 4.21. The summed E-state index contributed by atoms with van der Waals surface area (Å²) in [6.45, 7) is 7.18. The Morgan fingerprint density at radius 2 is 2.06 bits per heavy atom. The van der Waals surface area contributed by atoms with Crippen LogP contribution in [0.4, 0.5) is 5.69 Å². The van der Waals surface area contributed by atoms with Crippen LogP contribution in [0.1, 0.15) is 24.8 Å². The van der Waals surface area contributed by atoms with E-state index in [-0.39, 0.29) is 0 Å². The molecular weight excluding hydrogens is 208 g/mol. The zero-order valence-corrected chi connectivity index (χ0v) is 10.7. The third-order valence-corrected chi connectivity index (χ3v) is 4.20. The van der Waals surface area contributed by atoms with Gasteiger partial charge in [0.1, 0.15) is 0 Å². The van der Waals surface area contributed by atoms with E-state index < -0.39 is 0 Å². The third-order valence-electron chi connectivity index (χ3n) is 4.20. The molecule has 2 heteroatoms. The number of benzene rings is 1. The van der Waals surface area contributed by atoms with E-state index >= 15 is 0 Å². The van der Waals surface area contributed by atoms with Crippen molar-refractivity contribution in [3.63, 3.8) is 0 Å². The van der Waals surface area contributed by atoms with Gasteiger partial charge in [0.05, 0.1) is 0 Å². The van der Waals surface area contributed by atoms with Crippen LogP contribution in [0.15, 0.2) is 24.3 Å². The smallest absolute Gasteiger partial charge is 0.0369 e.